The lowest BCUT2D eigenvalue weighted by Gasteiger charge is -1.02. The maximum atomic E-state index is 8.35. The molecule has 7 heavy (non-hydrogen) atoms. The van der Waals surface area contributed by atoms with Crippen LogP contribution in [-0.4, -0.2) is 12.2 Å². The third kappa shape index (κ3) is 80.5. The zero-order valence-electron chi connectivity index (χ0n) is 3.52. The van der Waals surface area contributed by atoms with Crippen LogP contribution in [0.5, 0.6) is 0 Å². The smallest absolute Gasteiger partial charge is 0.222 e. The van der Waals surface area contributed by atoms with Gasteiger partial charge in [0.05, 0.1) is 0 Å². The Labute approximate surface area is 43.6 Å². The van der Waals surface area contributed by atoms with Crippen molar-refractivity contribution >= 4 is 22.1 Å². The molecule has 0 spiro atoms. The van der Waals surface area contributed by atoms with E-state index in [1.165, 1.54) is 0 Å². The predicted octanol–water partition coefficient (Wildman–Crippen LogP) is -0.140. The van der Waals surface area contributed by atoms with Crippen molar-refractivity contribution in [2.24, 2.45) is 0 Å². The Morgan fingerprint density at radius 2 is 1.00 bits per heavy atom. The standard InChI is InChI=1S/2CHNO.H3P/c2*2-1-3;/h2*2H;1H3. The minimum Gasteiger partial charge on any atom is -0.222 e. The van der Waals surface area contributed by atoms with E-state index in [4.69, 9.17) is 20.4 Å². The molecule has 5 heteroatoms. The summed E-state index contributed by atoms with van der Waals surface area (Å²) in [5, 5.41) is 10.8. The van der Waals surface area contributed by atoms with Crippen LogP contribution in [-0.2, 0) is 9.59 Å². The van der Waals surface area contributed by atoms with Crippen LogP contribution in [0, 0.1) is 10.8 Å². The SMILES string of the molecule is N=C=O.N=C=O.P. The van der Waals surface area contributed by atoms with Gasteiger partial charge in [0, 0.05) is 0 Å². The molecule has 0 aliphatic rings. The molecule has 1 atom stereocenters. The average Bonchev–Trinajstić information content (AvgIpc) is 1.39. The van der Waals surface area contributed by atoms with Crippen LogP contribution in [0.15, 0.2) is 0 Å². The van der Waals surface area contributed by atoms with Gasteiger partial charge in [-0.15, -0.1) is 0 Å². The van der Waals surface area contributed by atoms with Crippen LogP contribution in [0.25, 0.3) is 0 Å². The van der Waals surface area contributed by atoms with E-state index in [0.29, 0.717) is 0 Å². The van der Waals surface area contributed by atoms with Gasteiger partial charge >= 0.3 is 0 Å². The highest BCUT2D eigenvalue weighted by Gasteiger charge is 1.04. The van der Waals surface area contributed by atoms with Crippen molar-refractivity contribution in [2.75, 3.05) is 0 Å². The molecule has 0 saturated carbocycles. The largest absolute Gasteiger partial charge is 0.231 e. The molecule has 0 aliphatic heterocycles. The van der Waals surface area contributed by atoms with E-state index in [0.717, 1.165) is 12.2 Å². The molecule has 0 aromatic rings. The number of isocyanates is 2. The summed E-state index contributed by atoms with van der Waals surface area (Å²) in [7, 11) is 0. The van der Waals surface area contributed by atoms with Crippen molar-refractivity contribution in [1.29, 1.82) is 10.8 Å². The molecule has 40 valence electrons. The monoisotopic (exact) mass is 120 g/mol. The van der Waals surface area contributed by atoms with Crippen molar-refractivity contribution in [2.45, 2.75) is 0 Å². The van der Waals surface area contributed by atoms with E-state index < -0.39 is 0 Å². The maximum Gasteiger partial charge on any atom is 0.231 e. The minimum absolute atomic E-state index is 0. The Bertz CT molecular complexity index is 67.7. The first kappa shape index (κ1) is 16.4. The van der Waals surface area contributed by atoms with Crippen molar-refractivity contribution in [3.63, 3.8) is 0 Å². The molecule has 4 nitrogen and oxygen atoms in total. The second-order valence-electron chi connectivity index (χ2n) is 0.204. The maximum absolute atomic E-state index is 8.35. The van der Waals surface area contributed by atoms with E-state index in [1.807, 2.05) is 0 Å². The van der Waals surface area contributed by atoms with Crippen molar-refractivity contribution in [3.8, 4) is 0 Å². The molecule has 0 heterocycles. The molecular weight excluding hydrogens is 115 g/mol. The zero-order valence-corrected chi connectivity index (χ0v) is 4.94. The fraction of sp³-hybridized carbons (Fsp3) is 0. The molecule has 0 saturated heterocycles. The molecule has 0 radical (unpaired) electrons. The molecule has 0 fully saturated rings. The van der Waals surface area contributed by atoms with Gasteiger partial charge in [-0.1, -0.05) is 0 Å². The van der Waals surface area contributed by atoms with E-state index in [2.05, 4.69) is 0 Å². The van der Waals surface area contributed by atoms with Gasteiger partial charge in [0.25, 0.3) is 0 Å². The summed E-state index contributed by atoms with van der Waals surface area (Å²) < 4.78 is 0. The normalized spacial score (nSPS) is 2.29. The van der Waals surface area contributed by atoms with E-state index in [9.17, 15) is 0 Å². The Balaban J connectivity index is -0.0000000400. The molecule has 2 N–H and O–H groups in total. The Kier molecular flexibility index (Phi) is 151. The van der Waals surface area contributed by atoms with Crippen LogP contribution in [0.3, 0.4) is 0 Å². The topological polar surface area (TPSA) is 81.8 Å². The first-order chi connectivity index (χ1) is 2.83. The first-order valence-electron chi connectivity index (χ1n) is 0.908. The van der Waals surface area contributed by atoms with Gasteiger partial charge in [-0.2, -0.15) is 9.90 Å². The molecule has 0 aromatic heterocycles. The Morgan fingerprint density at radius 1 is 1.00 bits per heavy atom. The lowest BCUT2D eigenvalue weighted by molar-refractivity contribution is 0.562. The number of rotatable bonds is 0. The van der Waals surface area contributed by atoms with Gasteiger partial charge in [-0.3, -0.25) is 0 Å². The summed E-state index contributed by atoms with van der Waals surface area (Å²) in [5.41, 5.74) is 0. The van der Waals surface area contributed by atoms with Gasteiger partial charge < -0.3 is 0 Å². The lowest BCUT2D eigenvalue weighted by atomic mass is 11.7. The summed E-state index contributed by atoms with van der Waals surface area (Å²) in [4.78, 5) is 16.7. The van der Waals surface area contributed by atoms with Gasteiger partial charge in [0.2, 0.25) is 12.2 Å². The zero-order chi connectivity index (χ0) is 5.41. The van der Waals surface area contributed by atoms with Crippen LogP contribution in [0.1, 0.15) is 0 Å². The fourth-order valence-corrected chi connectivity index (χ4v) is 0. The summed E-state index contributed by atoms with van der Waals surface area (Å²) in [6, 6.07) is 0. The summed E-state index contributed by atoms with van der Waals surface area (Å²) in [6.07, 6.45) is 1.50. The van der Waals surface area contributed by atoms with Gasteiger partial charge in [-0.25, -0.2) is 20.4 Å². The van der Waals surface area contributed by atoms with Crippen LogP contribution in [0.4, 0.5) is 0 Å². The third-order valence-electron chi connectivity index (χ3n) is 0. The van der Waals surface area contributed by atoms with Gasteiger partial charge in [0.15, 0.2) is 0 Å². The van der Waals surface area contributed by atoms with Gasteiger partial charge in [-0.05, 0) is 0 Å². The number of hydrogen-bond donors (Lipinski definition) is 2. The van der Waals surface area contributed by atoms with Crippen LogP contribution in [0.2, 0.25) is 0 Å². The Morgan fingerprint density at radius 3 is 1.00 bits per heavy atom. The van der Waals surface area contributed by atoms with Crippen LogP contribution >= 0.6 is 9.90 Å². The number of nitrogens with one attached hydrogen (secondary N) is 2. The first-order valence-corrected chi connectivity index (χ1v) is 0.908. The molecule has 0 amide bonds. The highest BCUT2D eigenvalue weighted by Crippen LogP contribution is 0.871. The highest BCUT2D eigenvalue weighted by atomic mass is 31.0. The van der Waals surface area contributed by atoms with Crippen molar-refractivity contribution in [3.05, 3.63) is 0 Å². The van der Waals surface area contributed by atoms with Crippen LogP contribution < -0.4 is 0 Å². The van der Waals surface area contributed by atoms with Crippen molar-refractivity contribution < 1.29 is 9.59 Å². The molecule has 0 rings (SSSR count). The molecule has 0 aliphatic carbocycles. The average molecular weight is 120 g/mol. The number of hydrogen-bond acceptors (Lipinski definition) is 4. The minimum atomic E-state index is 0. The summed E-state index contributed by atoms with van der Waals surface area (Å²) >= 11 is 0. The second-order valence-corrected chi connectivity index (χ2v) is 0.204. The summed E-state index contributed by atoms with van der Waals surface area (Å²) in [5.74, 6) is 0. The van der Waals surface area contributed by atoms with Crippen molar-refractivity contribution in [1.82, 2.24) is 0 Å². The fourth-order valence-electron chi connectivity index (χ4n) is 0. The number of carbonyl (C=O) groups excluding carboxylic acids is 2. The molecular formula is C2H5N2O2P. The second kappa shape index (κ2) is 64.3. The highest BCUT2D eigenvalue weighted by molar-refractivity contribution is 6.92. The van der Waals surface area contributed by atoms with E-state index in [1.54, 1.807) is 0 Å². The Hall–Kier alpha value is -0.810. The summed E-state index contributed by atoms with van der Waals surface area (Å²) in [6.45, 7) is 0. The van der Waals surface area contributed by atoms with E-state index >= 15 is 0 Å². The predicted molar refractivity (Wildman–Crippen MR) is 27.9 cm³/mol. The molecule has 0 aromatic carbocycles. The van der Waals surface area contributed by atoms with Gasteiger partial charge in [0.1, 0.15) is 0 Å². The van der Waals surface area contributed by atoms with E-state index in [-0.39, 0.29) is 9.90 Å². The quantitative estimate of drug-likeness (QED) is 0.265. The third-order valence-corrected chi connectivity index (χ3v) is 0. The molecule has 0 bridgehead atoms. The molecule has 1 unspecified atom stereocenters. The lowest BCUT2D eigenvalue weighted by Crippen LogP contribution is -1.16.